The molecule has 0 spiro atoms. The first-order valence-corrected chi connectivity index (χ1v) is 6.87. The standard InChI is InChI=1S/C15H17N3O2/c1-18(15(20)12-7-9-14(19)17-16-12)13-8-6-10-4-2-3-5-11(10)13/h2-5,13H,6-9H2,1H3,(H,17,19). The number of aryl methyl sites for hydroxylation is 1. The number of carbonyl (C=O) groups is 2. The summed E-state index contributed by atoms with van der Waals surface area (Å²) < 4.78 is 0. The number of nitrogens with one attached hydrogen (secondary N) is 1. The number of hydrogen-bond acceptors (Lipinski definition) is 3. The van der Waals surface area contributed by atoms with E-state index in [1.54, 1.807) is 4.90 Å². The maximum atomic E-state index is 12.4. The zero-order valence-corrected chi connectivity index (χ0v) is 11.4. The minimum absolute atomic E-state index is 0.0910. The first-order chi connectivity index (χ1) is 9.66. The fourth-order valence-corrected chi connectivity index (χ4v) is 2.91. The average Bonchev–Trinajstić information content (AvgIpc) is 2.90. The van der Waals surface area contributed by atoms with Gasteiger partial charge in [-0.2, -0.15) is 5.10 Å². The molecular weight excluding hydrogens is 254 g/mol. The van der Waals surface area contributed by atoms with Crippen LogP contribution in [0.5, 0.6) is 0 Å². The number of carbonyl (C=O) groups excluding carboxylic acids is 2. The van der Waals surface area contributed by atoms with Gasteiger partial charge in [-0.15, -0.1) is 0 Å². The van der Waals surface area contributed by atoms with E-state index in [0.717, 1.165) is 12.8 Å². The summed E-state index contributed by atoms with van der Waals surface area (Å²) in [5, 5.41) is 3.88. The average molecular weight is 271 g/mol. The molecule has 3 rings (SSSR count). The van der Waals surface area contributed by atoms with E-state index < -0.39 is 0 Å². The number of nitrogens with zero attached hydrogens (tertiary/aromatic N) is 2. The van der Waals surface area contributed by atoms with Gasteiger partial charge in [0.1, 0.15) is 5.71 Å². The van der Waals surface area contributed by atoms with Gasteiger partial charge in [-0.25, -0.2) is 5.43 Å². The fourth-order valence-electron chi connectivity index (χ4n) is 2.91. The molecule has 1 aliphatic carbocycles. The summed E-state index contributed by atoms with van der Waals surface area (Å²) in [6.45, 7) is 0. The number of hydrazone groups is 1. The molecule has 0 aromatic heterocycles. The highest BCUT2D eigenvalue weighted by Crippen LogP contribution is 2.35. The van der Waals surface area contributed by atoms with E-state index in [2.05, 4.69) is 22.7 Å². The summed E-state index contributed by atoms with van der Waals surface area (Å²) in [6, 6.07) is 8.35. The van der Waals surface area contributed by atoms with Crippen LogP contribution in [-0.4, -0.2) is 29.5 Å². The maximum absolute atomic E-state index is 12.4. The van der Waals surface area contributed by atoms with Crippen LogP contribution in [-0.2, 0) is 16.0 Å². The highest BCUT2D eigenvalue weighted by Gasteiger charge is 2.31. The van der Waals surface area contributed by atoms with Gasteiger partial charge in [-0.05, 0) is 24.0 Å². The molecule has 1 unspecified atom stereocenters. The Bertz CT molecular complexity index is 595. The van der Waals surface area contributed by atoms with Crippen molar-refractivity contribution in [2.75, 3.05) is 7.05 Å². The molecule has 0 bridgehead atoms. The van der Waals surface area contributed by atoms with Crippen LogP contribution < -0.4 is 5.43 Å². The minimum atomic E-state index is -0.129. The van der Waals surface area contributed by atoms with E-state index in [9.17, 15) is 9.59 Å². The topological polar surface area (TPSA) is 61.8 Å². The molecule has 0 radical (unpaired) electrons. The molecule has 104 valence electrons. The zero-order valence-electron chi connectivity index (χ0n) is 11.4. The lowest BCUT2D eigenvalue weighted by atomic mass is 10.1. The zero-order chi connectivity index (χ0) is 14.1. The lowest BCUT2D eigenvalue weighted by Crippen LogP contribution is -2.39. The molecule has 5 heteroatoms. The van der Waals surface area contributed by atoms with Gasteiger partial charge in [0.05, 0.1) is 6.04 Å². The number of rotatable bonds is 2. The molecule has 1 atom stereocenters. The summed E-state index contributed by atoms with van der Waals surface area (Å²) in [4.78, 5) is 25.3. The third-order valence-electron chi connectivity index (χ3n) is 4.04. The number of amides is 2. The summed E-state index contributed by atoms with van der Waals surface area (Å²) in [7, 11) is 1.81. The summed E-state index contributed by atoms with van der Waals surface area (Å²) in [5.41, 5.74) is 5.36. The molecule has 1 N–H and O–H groups in total. The first kappa shape index (κ1) is 12.8. The highest BCUT2D eigenvalue weighted by molar-refractivity contribution is 6.39. The van der Waals surface area contributed by atoms with E-state index in [1.807, 2.05) is 19.2 Å². The van der Waals surface area contributed by atoms with Gasteiger partial charge in [0.25, 0.3) is 5.91 Å². The van der Waals surface area contributed by atoms with Gasteiger partial charge >= 0.3 is 0 Å². The summed E-state index contributed by atoms with van der Waals surface area (Å²) in [6.07, 6.45) is 2.70. The van der Waals surface area contributed by atoms with E-state index >= 15 is 0 Å². The number of fused-ring (bicyclic) bond motifs is 1. The largest absolute Gasteiger partial charge is 0.334 e. The van der Waals surface area contributed by atoms with E-state index in [1.165, 1.54) is 11.1 Å². The van der Waals surface area contributed by atoms with Crippen LogP contribution in [0.4, 0.5) is 0 Å². The molecular formula is C15H17N3O2. The third kappa shape index (κ3) is 2.19. The molecule has 2 aliphatic rings. The molecule has 0 saturated heterocycles. The second kappa shape index (κ2) is 5.07. The third-order valence-corrected chi connectivity index (χ3v) is 4.04. The Kier molecular flexibility index (Phi) is 3.26. The van der Waals surface area contributed by atoms with E-state index in [0.29, 0.717) is 18.6 Å². The Hall–Kier alpha value is -2.17. The van der Waals surface area contributed by atoms with Gasteiger partial charge in [-0.3, -0.25) is 9.59 Å². The van der Waals surface area contributed by atoms with Crippen LogP contribution in [0.2, 0.25) is 0 Å². The van der Waals surface area contributed by atoms with Gasteiger partial charge in [0.15, 0.2) is 0 Å². The van der Waals surface area contributed by atoms with Crippen molar-refractivity contribution < 1.29 is 9.59 Å². The Morgan fingerprint density at radius 3 is 2.85 bits per heavy atom. The molecule has 0 fully saturated rings. The van der Waals surface area contributed by atoms with E-state index in [-0.39, 0.29) is 17.9 Å². The maximum Gasteiger partial charge on any atom is 0.270 e. The molecule has 2 amide bonds. The smallest absolute Gasteiger partial charge is 0.270 e. The second-order valence-electron chi connectivity index (χ2n) is 5.26. The quantitative estimate of drug-likeness (QED) is 0.883. The first-order valence-electron chi connectivity index (χ1n) is 6.87. The van der Waals surface area contributed by atoms with Gasteiger partial charge in [0, 0.05) is 19.9 Å². The molecule has 5 nitrogen and oxygen atoms in total. The lowest BCUT2D eigenvalue weighted by molar-refractivity contribution is -0.125. The van der Waals surface area contributed by atoms with Crippen molar-refractivity contribution in [1.82, 2.24) is 10.3 Å². The Morgan fingerprint density at radius 1 is 1.30 bits per heavy atom. The Balaban J connectivity index is 1.78. The van der Waals surface area contributed by atoms with Crippen molar-refractivity contribution in [3.63, 3.8) is 0 Å². The monoisotopic (exact) mass is 271 g/mol. The van der Waals surface area contributed by atoms with Crippen molar-refractivity contribution in [2.24, 2.45) is 5.10 Å². The highest BCUT2D eigenvalue weighted by atomic mass is 16.2. The molecule has 20 heavy (non-hydrogen) atoms. The molecule has 1 heterocycles. The fraction of sp³-hybridized carbons (Fsp3) is 0.400. The summed E-state index contributed by atoms with van der Waals surface area (Å²) >= 11 is 0. The van der Waals surface area contributed by atoms with Crippen LogP contribution in [0.15, 0.2) is 29.4 Å². The Morgan fingerprint density at radius 2 is 2.10 bits per heavy atom. The van der Waals surface area contributed by atoms with Crippen molar-refractivity contribution in [3.05, 3.63) is 35.4 Å². The molecule has 1 aliphatic heterocycles. The van der Waals surface area contributed by atoms with Crippen LogP contribution >= 0.6 is 0 Å². The van der Waals surface area contributed by atoms with Crippen molar-refractivity contribution >= 4 is 17.5 Å². The Labute approximate surface area is 117 Å². The predicted octanol–water partition coefficient (Wildman–Crippen LogP) is 1.40. The van der Waals surface area contributed by atoms with Crippen molar-refractivity contribution in [1.29, 1.82) is 0 Å². The van der Waals surface area contributed by atoms with Gasteiger partial charge < -0.3 is 4.90 Å². The molecule has 0 saturated carbocycles. The predicted molar refractivity (Wildman–Crippen MR) is 75.1 cm³/mol. The minimum Gasteiger partial charge on any atom is -0.334 e. The van der Waals surface area contributed by atoms with Crippen LogP contribution in [0.1, 0.15) is 36.4 Å². The molecule has 1 aromatic rings. The summed E-state index contributed by atoms with van der Waals surface area (Å²) in [5.74, 6) is -0.220. The van der Waals surface area contributed by atoms with Crippen LogP contribution in [0.3, 0.4) is 0 Å². The van der Waals surface area contributed by atoms with E-state index in [4.69, 9.17) is 0 Å². The van der Waals surface area contributed by atoms with Crippen LogP contribution in [0.25, 0.3) is 0 Å². The van der Waals surface area contributed by atoms with Gasteiger partial charge in [0.2, 0.25) is 5.91 Å². The van der Waals surface area contributed by atoms with Crippen LogP contribution in [0, 0.1) is 0 Å². The number of benzene rings is 1. The van der Waals surface area contributed by atoms with Gasteiger partial charge in [-0.1, -0.05) is 24.3 Å². The lowest BCUT2D eigenvalue weighted by Gasteiger charge is -2.26. The SMILES string of the molecule is CN(C(=O)C1=NNC(=O)CC1)C1CCc2ccccc21. The van der Waals surface area contributed by atoms with Crippen molar-refractivity contribution in [3.8, 4) is 0 Å². The second-order valence-corrected chi connectivity index (χ2v) is 5.26. The normalized spacial score (nSPS) is 20.9. The molecule has 1 aromatic carbocycles. The number of hydrogen-bond donors (Lipinski definition) is 1. The van der Waals surface area contributed by atoms with Crippen molar-refractivity contribution in [2.45, 2.75) is 31.7 Å².